The summed E-state index contributed by atoms with van der Waals surface area (Å²) in [5.41, 5.74) is 2.76. The minimum atomic E-state index is -0.0146. The molecule has 1 N–H and O–H groups in total. The van der Waals surface area contributed by atoms with Gasteiger partial charge in [0.15, 0.2) is 0 Å². The van der Waals surface area contributed by atoms with E-state index in [4.69, 9.17) is 4.98 Å². The molecule has 1 aromatic heterocycles. The van der Waals surface area contributed by atoms with E-state index in [-0.39, 0.29) is 11.6 Å². The fraction of sp³-hybridized carbons (Fsp3) is 0.364. The van der Waals surface area contributed by atoms with Crippen molar-refractivity contribution in [3.05, 3.63) is 70.3 Å². The highest BCUT2D eigenvalue weighted by molar-refractivity contribution is 5.77. The van der Waals surface area contributed by atoms with E-state index in [9.17, 15) is 4.79 Å². The molecule has 0 radical (unpaired) electrons. The Morgan fingerprint density at radius 1 is 1.08 bits per heavy atom. The first-order valence-corrected chi connectivity index (χ1v) is 9.33. The highest BCUT2D eigenvalue weighted by Crippen LogP contribution is 2.21. The second kappa shape index (κ2) is 7.83. The van der Waals surface area contributed by atoms with E-state index < -0.39 is 0 Å². The summed E-state index contributed by atoms with van der Waals surface area (Å²) in [6.45, 7) is 9.42. The van der Waals surface area contributed by atoms with Gasteiger partial charge >= 0.3 is 0 Å². The maximum atomic E-state index is 13.3. The quantitative estimate of drug-likeness (QED) is 0.718. The summed E-state index contributed by atoms with van der Waals surface area (Å²) in [4.78, 5) is 18.2. The van der Waals surface area contributed by atoms with Crippen molar-refractivity contribution in [1.82, 2.24) is 14.9 Å². The largest absolute Gasteiger partial charge is 0.307 e. The fourth-order valence-electron chi connectivity index (χ4n) is 3.12. The van der Waals surface area contributed by atoms with E-state index in [2.05, 4.69) is 26.1 Å². The Labute approximate surface area is 154 Å². The van der Waals surface area contributed by atoms with Crippen molar-refractivity contribution in [3.63, 3.8) is 0 Å². The summed E-state index contributed by atoms with van der Waals surface area (Å²) in [6.07, 6.45) is 0.864. The van der Waals surface area contributed by atoms with Gasteiger partial charge in [-0.2, -0.15) is 0 Å². The van der Waals surface area contributed by atoms with Gasteiger partial charge in [-0.25, -0.2) is 4.98 Å². The number of nitrogens with one attached hydrogen (secondary N) is 1. The van der Waals surface area contributed by atoms with Gasteiger partial charge in [0.05, 0.1) is 22.6 Å². The zero-order valence-corrected chi connectivity index (χ0v) is 16.0. The lowest BCUT2D eigenvalue weighted by Crippen LogP contribution is -2.32. The van der Waals surface area contributed by atoms with Gasteiger partial charge in [0.2, 0.25) is 0 Å². The molecule has 4 nitrogen and oxygen atoms in total. The maximum absolute atomic E-state index is 13.3. The molecule has 0 unspecified atom stereocenters. The number of para-hydroxylation sites is 1. The third-order valence-corrected chi connectivity index (χ3v) is 4.59. The Morgan fingerprint density at radius 3 is 2.42 bits per heavy atom. The number of rotatable bonds is 6. The number of hydrogen-bond acceptors (Lipinski definition) is 3. The lowest BCUT2D eigenvalue weighted by atomic mass is 10.1. The first kappa shape index (κ1) is 18.3. The number of hydrogen-bond donors (Lipinski definition) is 1. The van der Waals surface area contributed by atoms with Crippen molar-refractivity contribution in [1.29, 1.82) is 0 Å². The summed E-state index contributed by atoms with van der Waals surface area (Å²) < 4.78 is 1.77. The van der Waals surface area contributed by atoms with Gasteiger partial charge in [-0.05, 0) is 50.1 Å². The van der Waals surface area contributed by atoms with Crippen LogP contribution in [-0.4, -0.2) is 16.1 Å². The van der Waals surface area contributed by atoms with Crippen LogP contribution in [-0.2, 0) is 0 Å². The van der Waals surface area contributed by atoms with Gasteiger partial charge in [-0.3, -0.25) is 9.36 Å². The van der Waals surface area contributed by atoms with E-state index in [1.54, 1.807) is 4.57 Å². The molecular formula is C22H27N3O. The van der Waals surface area contributed by atoms with Crippen LogP contribution in [0.3, 0.4) is 0 Å². The number of aryl methyl sites for hydroxylation is 1. The molecule has 26 heavy (non-hydrogen) atoms. The summed E-state index contributed by atoms with van der Waals surface area (Å²) >= 11 is 0. The van der Waals surface area contributed by atoms with E-state index in [0.29, 0.717) is 11.3 Å². The molecular weight excluding hydrogens is 322 g/mol. The molecule has 2 aromatic carbocycles. The van der Waals surface area contributed by atoms with Gasteiger partial charge in [0, 0.05) is 0 Å². The number of aromatic nitrogens is 2. The van der Waals surface area contributed by atoms with Crippen molar-refractivity contribution in [2.45, 2.75) is 40.2 Å². The SMILES string of the molecule is CC[C@H](NCC(C)C)c1nc2ccccc2c(=O)n1-c1ccc(C)cc1. The topological polar surface area (TPSA) is 46.9 Å². The molecule has 0 aliphatic rings. The van der Waals surface area contributed by atoms with Crippen LogP contribution < -0.4 is 10.9 Å². The minimum Gasteiger partial charge on any atom is -0.307 e. The minimum absolute atomic E-state index is 0.0146. The third-order valence-electron chi connectivity index (χ3n) is 4.59. The molecule has 0 fully saturated rings. The first-order valence-electron chi connectivity index (χ1n) is 9.33. The van der Waals surface area contributed by atoms with Crippen LogP contribution >= 0.6 is 0 Å². The Balaban J connectivity index is 2.23. The average molecular weight is 349 g/mol. The Bertz CT molecular complexity index is 942. The normalized spacial score (nSPS) is 12.7. The molecule has 1 heterocycles. The number of benzene rings is 2. The van der Waals surface area contributed by atoms with E-state index in [1.165, 1.54) is 5.56 Å². The number of nitrogens with zero attached hydrogens (tertiary/aromatic N) is 2. The van der Waals surface area contributed by atoms with Gasteiger partial charge in [-0.15, -0.1) is 0 Å². The predicted octanol–water partition coefficient (Wildman–Crippen LogP) is 4.39. The molecule has 3 aromatic rings. The lowest BCUT2D eigenvalue weighted by Gasteiger charge is -2.22. The van der Waals surface area contributed by atoms with Gasteiger partial charge in [-0.1, -0.05) is 50.6 Å². The van der Waals surface area contributed by atoms with Crippen LogP contribution in [0.4, 0.5) is 0 Å². The maximum Gasteiger partial charge on any atom is 0.266 e. The van der Waals surface area contributed by atoms with Crippen LogP contribution in [0.15, 0.2) is 53.3 Å². The molecule has 0 saturated heterocycles. The molecule has 0 bridgehead atoms. The average Bonchev–Trinajstić information content (AvgIpc) is 2.63. The second-order valence-electron chi connectivity index (χ2n) is 7.23. The second-order valence-corrected chi connectivity index (χ2v) is 7.23. The molecule has 1 atom stereocenters. The molecule has 0 aliphatic heterocycles. The molecule has 4 heteroatoms. The Hall–Kier alpha value is -2.46. The smallest absolute Gasteiger partial charge is 0.266 e. The van der Waals surface area contributed by atoms with Crippen LogP contribution in [0.5, 0.6) is 0 Å². The van der Waals surface area contributed by atoms with Gasteiger partial charge in [0.1, 0.15) is 5.82 Å². The fourth-order valence-corrected chi connectivity index (χ4v) is 3.12. The number of fused-ring (bicyclic) bond motifs is 1. The van der Waals surface area contributed by atoms with Gasteiger partial charge < -0.3 is 5.32 Å². The van der Waals surface area contributed by atoms with Crippen molar-refractivity contribution < 1.29 is 0 Å². The standard InChI is InChI=1S/C22H27N3O/c1-5-19(23-14-15(2)3)21-24-20-9-7-6-8-18(20)22(26)25(21)17-12-10-16(4)11-13-17/h6-13,15,19,23H,5,14H2,1-4H3/t19-/m0/s1. The zero-order valence-electron chi connectivity index (χ0n) is 16.0. The Kier molecular flexibility index (Phi) is 5.52. The van der Waals surface area contributed by atoms with Gasteiger partial charge in [0.25, 0.3) is 5.56 Å². The van der Waals surface area contributed by atoms with Crippen LogP contribution in [0, 0.1) is 12.8 Å². The molecule has 0 amide bonds. The van der Waals surface area contributed by atoms with E-state index in [1.807, 2.05) is 55.5 Å². The van der Waals surface area contributed by atoms with Crippen molar-refractivity contribution in [3.8, 4) is 5.69 Å². The summed E-state index contributed by atoms with van der Waals surface area (Å²) in [7, 11) is 0. The summed E-state index contributed by atoms with van der Waals surface area (Å²) in [5.74, 6) is 1.31. The van der Waals surface area contributed by atoms with Crippen molar-refractivity contribution in [2.75, 3.05) is 6.54 Å². The van der Waals surface area contributed by atoms with Crippen LogP contribution in [0.25, 0.3) is 16.6 Å². The summed E-state index contributed by atoms with van der Waals surface area (Å²) in [5, 5.41) is 4.23. The van der Waals surface area contributed by atoms with Crippen LogP contribution in [0.1, 0.15) is 44.6 Å². The van der Waals surface area contributed by atoms with E-state index >= 15 is 0 Å². The molecule has 136 valence electrons. The third kappa shape index (κ3) is 3.70. The first-order chi connectivity index (χ1) is 12.5. The van der Waals surface area contributed by atoms with E-state index in [0.717, 1.165) is 30.0 Å². The highest BCUT2D eigenvalue weighted by Gasteiger charge is 2.19. The zero-order chi connectivity index (χ0) is 18.7. The monoisotopic (exact) mass is 349 g/mol. The lowest BCUT2D eigenvalue weighted by molar-refractivity contribution is 0.442. The van der Waals surface area contributed by atoms with Crippen LogP contribution in [0.2, 0.25) is 0 Å². The molecule has 3 rings (SSSR count). The summed E-state index contributed by atoms with van der Waals surface area (Å²) in [6, 6.07) is 15.6. The molecule has 0 spiro atoms. The molecule has 0 saturated carbocycles. The highest BCUT2D eigenvalue weighted by atomic mass is 16.1. The van der Waals surface area contributed by atoms with Crippen molar-refractivity contribution in [2.24, 2.45) is 5.92 Å². The molecule has 0 aliphatic carbocycles. The Morgan fingerprint density at radius 2 is 1.77 bits per heavy atom. The predicted molar refractivity (Wildman–Crippen MR) is 108 cm³/mol. The van der Waals surface area contributed by atoms with Crippen molar-refractivity contribution >= 4 is 10.9 Å².